The lowest BCUT2D eigenvalue weighted by molar-refractivity contribution is -0.143. The average molecular weight is 297 g/mol. The van der Waals surface area contributed by atoms with Crippen molar-refractivity contribution in [1.82, 2.24) is 0 Å². The van der Waals surface area contributed by atoms with Crippen LogP contribution >= 0.6 is 11.6 Å². The summed E-state index contributed by atoms with van der Waals surface area (Å²) >= 11 is 6.27. The van der Waals surface area contributed by atoms with Crippen molar-refractivity contribution in [1.29, 1.82) is 0 Å². The Labute approximate surface area is 122 Å². The molecule has 108 valence electrons. The highest BCUT2D eigenvalue weighted by atomic mass is 35.5. The smallest absolute Gasteiger partial charge is 0.314 e. The number of halogens is 1. The molecule has 20 heavy (non-hydrogen) atoms. The van der Waals surface area contributed by atoms with E-state index >= 15 is 0 Å². The van der Waals surface area contributed by atoms with Gasteiger partial charge in [0.25, 0.3) is 0 Å². The van der Waals surface area contributed by atoms with Crippen molar-refractivity contribution in [3.8, 4) is 11.5 Å². The Morgan fingerprint density at radius 1 is 1.30 bits per heavy atom. The van der Waals surface area contributed by atoms with Crippen LogP contribution in [0.5, 0.6) is 11.5 Å². The predicted octanol–water partition coefficient (Wildman–Crippen LogP) is 3.32. The van der Waals surface area contributed by atoms with Crippen LogP contribution in [0.2, 0.25) is 5.02 Å². The number of ether oxygens (including phenoxy) is 2. The van der Waals surface area contributed by atoms with Gasteiger partial charge in [0.1, 0.15) is 13.2 Å². The number of carboxylic acid groups (broad SMARTS) is 1. The van der Waals surface area contributed by atoms with Crippen molar-refractivity contribution in [2.45, 2.75) is 38.0 Å². The van der Waals surface area contributed by atoms with Gasteiger partial charge in [-0.05, 0) is 25.3 Å². The van der Waals surface area contributed by atoms with Crippen LogP contribution in [0.3, 0.4) is 0 Å². The Hall–Kier alpha value is -1.42. The van der Waals surface area contributed by atoms with Gasteiger partial charge in [0, 0.05) is 16.7 Å². The first kappa shape index (κ1) is 13.6. The maximum absolute atomic E-state index is 11.9. The second kappa shape index (κ2) is 4.85. The molecule has 1 aromatic carbocycles. The van der Waals surface area contributed by atoms with Gasteiger partial charge in [-0.2, -0.15) is 0 Å². The number of aliphatic carboxylic acids is 1. The monoisotopic (exact) mass is 296 g/mol. The molecule has 1 saturated carbocycles. The summed E-state index contributed by atoms with van der Waals surface area (Å²) in [6.45, 7) is 2.77. The minimum absolute atomic E-state index is 0.441. The highest BCUT2D eigenvalue weighted by Gasteiger charge is 2.47. The van der Waals surface area contributed by atoms with Crippen LogP contribution in [-0.2, 0) is 10.2 Å². The van der Waals surface area contributed by atoms with E-state index in [1.165, 1.54) is 0 Å². The van der Waals surface area contributed by atoms with Gasteiger partial charge in [0.05, 0.1) is 5.41 Å². The van der Waals surface area contributed by atoms with Crippen LogP contribution in [0.25, 0.3) is 0 Å². The van der Waals surface area contributed by atoms with Crippen LogP contribution in [-0.4, -0.2) is 24.3 Å². The minimum atomic E-state index is -0.889. The van der Waals surface area contributed by atoms with Crippen LogP contribution in [0.4, 0.5) is 0 Å². The summed E-state index contributed by atoms with van der Waals surface area (Å²) in [5.74, 6) is 0.341. The molecule has 0 amide bonds. The van der Waals surface area contributed by atoms with Gasteiger partial charge in [-0.1, -0.05) is 24.4 Å². The van der Waals surface area contributed by atoms with Gasteiger partial charge in [-0.15, -0.1) is 0 Å². The van der Waals surface area contributed by atoms with Crippen LogP contribution < -0.4 is 9.47 Å². The third kappa shape index (κ3) is 1.85. The van der Waals surface area contributed by atoms with E-state index in [2.05, 4.69) is 0 Å². The Kier molecular flexibility index (Phi) is 3.28. The van der Waals surface area contributed by atoms with E-state index in [0.29, 0.717) is 48.1 Å². The summed E-state index contributed by atoms with van der Waals surface area (Å²) in [6.07, 6.45) is 3.07. The summed E-state index contributed by atoms with van der Waals surface area (Å²) in [7, 11) is 0. The Balaban J connectivity index is 2.26. The van der Waals surface area contributed by atoms with Crippen LogP contribution in [0, 0.1) is 6.92 Å². The van der Waals surface area contributed by atoms with E-state index in [0.717, 1.165) is 18.4 Å². The Morgan fingerprint density at radius 3 is 2.60 bits per heavy atom. The molecule has 0 spiro atoms. The van der Waals surface area contributed by atoms with Gasteiger partial charge in [0.15, 0.2) is 11.5 Å². The molecular formula is C15H17ClO4. The molecule has 1 heterocycles. The molecule has 5 heteroatoms. The lowest BCUT2D eigenvalue weighted by Gasteiger charge is -2.31. The summed E-state index contributed by atoms with van der Waals surface area (Å²) in [5, 5.41) is 10.3. The molecule has 3 rings (SSSR count). The molecule has 0 aromatic heterocycles. The standard InChI is InChI=1S/C15H17ClO4/c1-9-10(16)8-11-13(20-7-6-19-11)12(9)15(14(17)18)4-2-3-5-15/h8H,2-7H2,1H3,(H,17,18). The molecule has 2 aliphatic rings. The molecule has 0 radical (unpaired) electrons. The van der Waals surface area contributed by atoms with E-state index in [1.54, 1.807) is 6.07 Å². The van der Waals surface area contributed by atoms with Crippen molar-refractivity contribution >= 4 is 17.6 Å². The van der Waals surface area contributed by atoms with E-state index in [9.17, 15) is 9.90 Å². The van der Waals surface area contributed by atoms with Gasteiger partial charge >= 0.3 is 5.97 Å². The predicted molar refractivity (Wildman–Crippen MR) is 75.0 cm³/mol. The number of carboxylic acids is 1. The molecule has 0 saturated heterocycles. The molecule has 1 aromatic rings. The Morgan fingerprint density at radius 2 is 1.95 bits per heavy atom. The third-order valence-electron chi connectivity index (χ3n) is 4.37. The topological polar surface area (TPSA) is 55.8 Å². The lowest BCUT2D eigenvalue weighted by Crippen LogP contribution is -2.35. The molecular weight excluding hydrogens is 280 g/mol. The molecule has 4 nitrogen and oxygen atoms in total. The molecule has 1 aliphatic carbocycles. The van der Waals surface area contributed by atoms with Crippen LogP contribution in [0.1, 0.15) is 36.8 Å². The first-order valence-electron chi connectivity index (χ1n) is 6.89. The maximum Gasteiger partial charge on any atom is 0.314 e. The van der Waals surface area contributed by atoms with E-state index in [1.807, 2.05) is 6.92 Å². The fraction of sp³-hybridized carbons (Fsp3) is 0.533. The fourth-order valence-corrected chi connectivity index (χ4v) is 3.57. The second-order valence-corrected chi connectivity index (χ2v) is 5.88. The molecule has 0 atom stereocenters. The van der Waals surface area contributed by atoms with Crippen molar-refractivity contribution in [2.24, 2.45) is 0 Å². The average Bonchev–Trinajstić information content (AvgIpc) is 2.90. The number of benzene rings is 1. The van der Waals surface area contributed by atoms with E-state index < -0.39 is 11.4 Å². The summed E-state index contributed by atoms with van der Waals surface area (Å²) in [6, 6.07) is 1.72. The number of carbonyl (C=O) groups is 1. The van der Waals surface area contributed by atoms with Crippen molar-refractivity contribution < 1.29 is 19.4 Å². The lowest BCUT2D eigenvalue weighted by atomic mass is 9.76. The molecule has 1 N–H and O–H groups in total. The first-order chi connectivity index (χ1) is 9.56. The van der Waals surface area contributed by atoms with Gasteiger partial charge in [-0.25, -0.2) is 0 Å². The zero-order chi connectivity index (χ0) is 14.3. The highest BCUT2D eigenvalue weighted by Crippen LogP contribution is 2.51. The number of fused-ring (bicyclic) bond motifs is 1. The van der Waals surface area contributed by atoms with E-state index in [-0.39, 0.29) is 0 Å². The maximum atomic E-state index is 11.9. The van der Waals surface area contributed by atoms with Crippen molar-refractivity contribution in [3.05, 3.63) is 22.2 Å². The van der Waals surface area contributed by atoms with Crippen molar-refractivity contribution in [3.63, 3.8) is 0 Å². The number of hydrogen-bond donors (Lipinski definition) is 1. The minimum Gasteiger partial charge on any atom is -0.486 e. The van der Waals surface area contributed by atoms with E-state index in [4.69, 9.17) is 21.1 Å². The largest absolute Gasteiger partial charge is 0.486 e. The third-order valence-corrected chi connectivity index (χ3v) is 4.77. The quantitative estimate of drug-likeness (QED) is 0.909. The Bertz CT molecular complexity index is 561. The summed E-state index contributed by atoms with van der Waals surface area (Å²) < 4.78 is 11.3. The molecule has 1 aliphatic heterocycles. The zero-order valence-electron chi connectivity index (χ0n) is 11.4. The number of hydrogen-bond acceptors (Lipinski definition) is 3. The van der Waals surface area contributed by atoms with Gasteiger partial charge in [-0.3, -0.25) is 4.79 Å². The molecule has 1 fully saturated rings. The SMILES string of the molecule is Cc1c(Cl)cc2c(c1C1(C(=O)O)CCCC1)OCCO2. The second-order valence-electron chi connectivity index (χ2n) is 5.48. The molecule has 0 unspecified atom stereocenters. The fourth-order valence-electron chi connectivity index (χ4n) is 3.37. The van der Waals surface area contributed by atoms with Crippen molar-refractivity contribution in [2.75, 3.05) is 13.2 Å². The van der Waals surface area contributed by atoms with Crippen LogP contribution in [0.15, 0.2) is 6.07 Å². The zero-order valence-corrected chi connectivity index (χ0v) is 12.1. The normalized spacial score (nSPS) is 19.9. The summed E-state index contributed by atoms with van der Waals surface area (Å²) in [4.78, 5) is 11.9. The van der Waals surface area contributed by atoms with Gasteiger partial charge < -0.3 is 14.6 Å². The first-order valence-corrected chi connectivity index (χ1v) is 7.26. The highest BCUT2D eigenvalue weighted by molar-refractivity contribution is 6.31. The number of rotatable bonds is 2. The molecule has 0 bridgehead atoms. The summed E-state index contributed by atoms with van der Waals surface area (Å²) in [5.41, 5.74) is 0.615. The van der Waals surface area contributed by atoms with Gasteiger partial charge in [0.2, 0.25) is 0 Å².